The number of rotatable bonds is 7. The highest BCUT2D eigenvalue weighted by Gasteiger charge is 2.37. The molecule has 0 saturated carbocycles. The fourth-order valence-corrected chi connectivity index (χ4v) is 5.08. The van der Waals surface area contributed by atoms with Crippen molar-refractivity contribution in [2.45, 2.75) is 63.6 Å². The Hall–Kier alpha value is -3.08. The van der Waals surface area contributed by atoms with Crippen LogP contribution in [0.2, 0.25) is 0 Å². The molecule has 3 rings (SSSR count). The molecule has 1 aliphatic rings. The smallest absolute Gasteiger partial charge is 0.310 e. The fourth-order valence-electron chi connectivity index (χ4n) is 3.58. The molecule has 0 bridgehead atoms. The van der Waals surface area contributed by atoms with Gasteiger partial charge in [-0.25, -0.2) is 21.6 Å². The molecule has 1 atom stereocenters. The first kappa shape index (κ1) is 26.5. The van der Waals surface area contributed by atoms with Crippen LogP contribution in [0.5, 0.6) is 5.75 Å². The largest absolute Gasteiger partial charge is 0.483 e. The number of nitrogens with zero attached hydrogens (tertiary/aromatic N) is 1. The number of fused-ring (bicyclic) bond motifs is 1. The molecule has 0 fully saturated rings. The van der Waals surface area contributed by atoms with E-state index in [-0.39, 0.29) is 48.6 Å². The highest BCUT2D eigenvalue weighted by molar-refractivity contribution is 7.92. The van der Waals surface area contributed by atoms with Gasteiger partial charge in [-0.1, -0.05) is 0 Å². The molecule has 1 aliphatic heterocycles. The van der Waals surface area contributed by atoms with E-state index in [2.05, 4.69) is 0 Å². The molecule has 0 N–H and O–H groups in total. The van der Waals surface area contributed by atoms with Gasteiger partial charge in [0, 0.05) is 6.42 Å². The molecule has 0 aromatic heterocycles. The maximum absolute atomic E-state index is 15.1. The Labute approximate surface area is 201 Å². The summed E-state index contributed by atoms with van der Waals surface area (Å²) in [6.07, 6.45) is -1.04. The van der Waals surface area contributed by atoms with Crippen LogP contribution in [0.3, 0.4) is 0 Å². The Kier molecular flexibility index (Phi) is 7.49. The van der Waals surface area contributed by atoms with Gasteiger partial charge >= 0.3 is 5.97 Å². The molecule has 35 heavy (non-hydrogen) atoms. The van der Waals surface area contributed by atoms with Crippen molar-refractivity contribution in [3.8, 4) is 5.75 Å². The third-order valence-corrected chi connectivity index (χ3v) is 6.85. The van der Waals surface area contributed by atoms with Crippen LogP contribution in [0.4, 0.5) is 18.9 Å². The van der Waals surface area contributed by atoms with Gasteiger partial charge in [0.25, 0.3) is 10.0 Å². The van der Waals surface area contributed by atoms with Crippen molar-refractivity contribution >= 4 is 27.5 Å². The van der Waals surface area contributed by atoms with Crippen LogP contribution in [-0.2, 0) is 30.8 Å². The molecule has 0 radical (unpaired) electrons. The van der Waals surface area contributed by atoms with Crippen LogP contribution in [0.15, 0.2) is 35.2 Å². The van der Waals surface area contributed by atoms with Crippen molar-refractivity contribution in [1.29, 1.82) is 0 Å². The molecule has 2 aromatic carbocycles. The van der Waals surface area contributed by atoms with Crippen molar-refractivity contribution in [3.63, 3.8) is 0 Å². The molecule has 0 aliphatic carbocycles. The van der Waals surface area contributed by atoms with Gasteiger partial charge in [-0.15, -0.1) is 0 Å². The molecule has 0 spiro atoms. The van der Waals surface area contributed by atoms with Crippen LogP contribution in [0.25, 0.3) is 0 Å². The maximum Gasteiger partial charge on any atom is 0.310 e. The number of esters is 1. The van der Waals surface area contributed by atoms with Gasteiger partial charge in [0.2, 0.25) is 0 Å². The molecular weight excluding hydrogens is 487 g/mol. The van der Waals surface area contributed by atoms with Gasteiger partial charge in [0.05, 0.1) is 23.5 Å². The zero-order valence-electron chi connectivity index (χ0n) is 19.7. The second-order valence-corrected chi connectivity index (χ2v) is 11.1. The summed E-state index contributed by atoms with van der Waals surface area (Å²) in [4.78, 5) is 23.1. The summed E-state index contributed by atoms with van der Waals surface area (Å²) in [5, 5.41) is 0. The van der Waals surface area contributed by atoms with E-state index in [1.807, 2.05) is 0 Å². The zero-order valence-corrected chi connectivity index (χ0v) is 20.5. The van der Waals surface area contributed by atoms with Gasteiger partial charge in [0.1, 0.15) is 17.5 Å². The van der Waals surface area contributed by atoms with Crippen LogP contribution in [-0.4, -0.2) is 38.4 Å². The molecular formula is C24H26F3NO6S. The minimum absolute atomic E-state index is 0.0669. The normalized spacial score (nSPS) is 15.9. The van der Waals surface area contributed by atoms with Crippen molar-refractivity contribution < 1.29 is 40.7 Å². The minimum Gasteiger partial charge on any atom is -0.483 e. The number of carbonyl (C=O) groups excluding carboxylic acids is 2. The first-order valence-electron chi connectivity index (χ1n) is 10.9. The van der Waals surface area contributed by atoms with E-state index in [9.17, 15) is 26.8 Å². The summed E-state index contributed by atoms with van der Waals surface area (Å²) in [5.41, 5.74) is -0.849. The van der Waals surface area contributed by atoms with E-state index in [4.69, 9.17) is 9.47 Å². The Morgan fingerprint density at radius 2 is 1.77 bits per heavy atom. The van der Waals surface area contributed by atoms with Gasteiger partial charge < -0.3 is 14.3 Å². The minimum atomic E-state index is -4.50. The Morgan fingerprint density at radius 3 is 2.37 bits per heavy atom. The van der Waals surface area contributed by atoms with Gasteiger partial charge in [-0.2, -0.15) is 0 Å². The van der Waals surface area contributed by atoms with E-state index in [1.54, 1.807) is 20.8 Å². The van der Waals surface area contributed by atoms with Crippen molar-refractivity contribution in [2.75, 3.05) is 10.8 Å². The lowest BCUT2D eigenvalue weighted by atomic mass is 10.1. The van der Waals surface area contributed by atoms with Gasteiger partial charge in [-0.05, 0) is 70.0 Å². The average molecular weight is 514 g/mol. The van der Waals surface area contributed by atoms with Crippen LogP contribution >= 0.6 is 0 Å². The lowest BCUT2D eigenvalue weighted by molar-refractivity contribution is -0.153. The number of hydrogen-bond acceptors (Lipinski definition) is 6. The SMILES string of the molecule is CC(=O)CC[C@H]1CN(S(=O)(=O)c2ccc(F)c(F)c2)c2cc(CC(=O)OC(C)(C)C)cc(F)c2O1. The molecule has 2 aromatic rings. The number of halogens is 3. The van der Waals surface area contributed by atoms with Crippen LogP contribution in [0, 0.1) is 17.5 Å². The van der Waals surface area contributed by atoms with Gasteiger partial charge in [0.15, 0.2) is 23.2 Å². The first-order chi connectivity index (χ1) is 16.2. The van der Waals surface area contributed by atoms with E-state index >= 15 is 4.39 Å². The lowest BCUT2D eigenvalue weighted by Gasteiger charge is -2.36. The molecule has 0 amide bonds. The van der Waals surface area contributed by atoms with Crippen molar-refractivity contribution in [1.82, 2.24) is 0 Å². The molecule has 7 nitrogen and oxygen atoms in total. The monoisotopic (exact) mass is 513 g/mol. The van der Waals surface area contributed by atoms with Crippen molar-refractivity contribution in [2.24, 2.45) is 0 Å². The Morgan fingerprint density at radius 1 is 1.09 bits per heavy atom. The number of benzene rings is 2. The highest BCUT2D eigenvalue weighted by Crippen LogP contribution is 2.41. The highest BCUT2D eigenvalue weighted by atomic mass is 32.2. The maximum atomic E-state index is 15.1. The molecule has 11 heteroatoms. The zero-order chi connectivity index (χ0) is 26.1. The number of anilines is 1. The topological polar surface area (TPSA) is 90.0 Å². The number of ether oxygens (including phenoxy) is 2. The summed E-state index contributed by atoms with van der Waals surface area (Å²) >= 11 is 0. The van der Waals surface area contributed by atoms with E-state index in [0.717, 1.165) is 16.4 Å². The summed E-state index contributed by atoms with van der Waals surface area (Å²) in [6, 6.07) is 4.43. The van der Waals surface area contributed by atoms with E-state index in [0.29, 0.717) is 12.1 Å². The predicted octanol–water partition coefficient (Wildman–Crippen LogP) is 4.31. The average Bonchev–Trinajstić information content (AvgIpc) is 2.72. The molecule has 0 saturated heterocycles. The number of Topliss-reactive ketones (excluding diaryl/α,β-unsaturated/α-hetero) is 1. The van der Waals surface area contributed by atoms with Crippen LogP contribution < -0.4 is 9.04 Å². The molecule has 1 heterocycles. The first-order valence-corrected chi connectivity index (χ1v) is 12.3. The Balaban J connectivity index is 2.06. The quantitative estimate of drug-likeness (QED) is 0.513. The van der Waals surface area contributed by atoms with Gasteiger partial charge in [-0.3, -0.25) is 9.10 Å². The van der Waals surface area contributed by atoms with Crippen molar-refractivity contribution in [3.05, 3.63) is 53.3 Å². The Bertz CT molecular complexity index is 1260. The fraction of sp³-hybridized carbons (Fsp3) is 0.417. The predicted molar refractivity (Wildman–Crippen MR) is 121 cm³/mol. The van der Waals surface area contributed by atoms with E-state index in [1.165, 1.54) is 13.0 Å². The molecule has 190 valence electrons. The lowest BCUT2D eigenvalue weighted by Crippen LogP contribution is -2.44. The summed E-state index contributed by atoms with van der Waals surface area (Å²) < 4.78 is 81.0. The molecule has 0 unspecified atom stereocenters. The summed E-state index contributed by atoms with van der Waals surface area (Å²) in [7, 11) is -4.50. The van der Waals surface area contributed by atoms with Crippen LogP contribution in [0.1, 0.15) is 46.1 Å². The summed E-state index contributed by atoms with van der Waals surface area (Å²) in [6.45, 7) is 6.06. The van der Waals surface area contributed by atoms with E-state index < -0.39 is 50.0 Å². The second-order valence-electron chi connectivity index (χ2n) is 9.28. The number of sulfonamides is 1. The number of hydrogen-bond donors (Lipinski definition) is 0. The standard InChI is InChI=1S/C24H26F3NO6S/c1-14(29)5-6-16-13-28(35(31,32)17-7-8-18(25)19(26)12-17)21-10-15(9-20(27)23(21)33-16)11-22(30)34-24(2,3)4/h7-10,12,16H,5-6,11,13H2,1-4H3/t16-/m0/s1. The third kappa shape index (κ3) is 6.33. The third-order valence-electron chi connectivity index (χ3n) is 5.07. The number of ketones is 1. The number of carbonyl (C=O) groups is 2. The summed E-state index contributed by atoms with van der Waals surface area (Å²) in [5.74, 6) is -4.71. The second kappa shape index (κ2) is 9.88.